The molecule has 3 aromatic carbocycles. The Hall–Kier alpha value is -3.83. The van der Waals surface area contributed by atoms with Gasteiger partial charge in [0.25, 0.3) is 0 Å². The van der Waals surface area contributed by atoms with Gasteiger partial charge in [-0.3, -0.25) is 9.59 Å². The van der Waals surface area contributed by atoms with Crippen molar-refractivity contribution in [1.29, 1.82) is 0 Å². The van der Waals surface area contributed by atoms with Crippen molar-refractivity contribution >= 4 is 34.5 Å². The zero-order valence-corrected chi connectivity index (χ0v) is 26.6. The highest BCUT2D eigenvalue weighted by Crippen LogP contribution is 2.34. The molecular formula is C34H44N6O3S. The van der Waals surface area contributed by atoms with E-state index in [1.165, 1.54) is 4.90 Å². The molecule has 0 saturated heterocycles. The molecule has 1 heterocycles. The number of carbonyl (C=O) groups excluding carboxylic acids is 2. The number of aromatic nitrogens is 1. The number of hydrogen-bond donors (Lipinski definition) is 5. The molecule has 9 nitrogen and oxygen atoms in total. The van der Waals surface area contributed by atoms with E-state index in [1.807, 2.05) is 73.7 Å². The first-order valence-electron chi connectivity index (χ1n) is 15.0. The van der Waals surface area contributed by atoms with Crippen LogP contribution in [-0.2, 0) is 29.1 Å². The maximum atomic E-state index is 14.0. The smallest absolute Gasteiger partial charge is 0.243 e. The lowest BCUT2D eigenvalue weighted by Gasteiger charge is -2.30. The molecule has 0 radical (unpaired) electrons. The van der Waals surface area contributed by atoms with Gasteiger partial charge in [-0.25, -0.2) is 0 Å². The van der Waals surface area contributed by atoms with Gasteiger partial charge in [0.2, 0.25) is 11.8 Å². The van der Waals surface area contributed by atoms with Crippen molar-refractivity contribution in [2.45, 2.75) is 67.6 Å². The van der Waals surface area contributed by atoms with Crippen LogP contribution in [0.15, 0.2) is 76.5 Å². The number of likely N-dealkylation sites (N-methyl/N-ethyl adjacent to an activating group) is 1. The summed E-state index contributed by atoms with van der Waals surface area (Å²) in [5, 5.41) is 4.15. The van der Waals surface area contributed by atoms with Crippen LogP contribution < -0.4 is 27.3 Å². The highest BCUT2D eigenvalue weighted by atomic mass is 32.2. The number of carbonyl (C=O) groups is 2. The second-order valence-electron chi connectivity index (χ2n) is 10.9. The predicted molar refractivity (Wildman–Crippen MR) is 177 cm³/mol. The number of amides is 2. The van der Waals surface area contributed by atoms with E-state index < -0.39 is 12.1 Å². The molecule has 0 aliphatic rings. The van der Waals surface area contributed by atoms with Gasteiger partial charge in [-0.1, -0.05) is 54.6 Å². The second kappa shape index (κ2) is 15.8. The molecule has 0 aliphatic heterocycles. The van der Waals surface area contributed by atoms with E-state index in [-0.39, 0.29) is 18.4 Å². The van der Waals surface area contributed by atoms with Crippen LogP contribution in [0.4, 0.5) is 0 Å². The summed E-state index contributed by atoms with van der Waals surface area (Å²) in [7, 11) is 3.28. The fourth-order valence-electron chi connectivity index (χ4n) is 5.36. The lowest BCUT2D eigenvalue weighted by Crippen LogP contribution is -2.53. The third-order valence-corrected chi connectivity index (χ3v) is 9.20. The maximum absolute atomic E-state index is 14.0. The van der Waals surface area contributed by atoms with Crippen LogP contribution in [0.1, 0.15) is 41.6 Å². The Kier molecular flexibility index (Phi) is 11.8. The number of nitrogens with zero attached hydrogens (tertiary/aromatic N) is 1. The van der Waals surface area contributed by atoms with Crippen molar-refractivity contribution < 1.29 is 14.3 Å². The molecule has 2 amide bonds. The summed E-state index contributed by atoms with van der Waals surface area (Å²) in [6, 6.07) is 20.3. The fraction of sp³-hybridized carbons (Fsp3) is 0.353. The van der Waals surface area contributed by atoms with Gasteiger partial charge >= 0.3 is 0 Å². The van der Waals surface area contributed by atoms with Crippen molar-refractivity contribution in [1.82, 2.24) is 15.2 Å². The van der Waals surface area contributed by atoms with Crippen LogP contribution >= 0.6 is 11.8 Å². The molecule has 1 aromatic heterocycles. The molecule has 234 valence electrons. The minimum Gasteiger partial charge on any atom is -0.497 e. The van der Waals surface area contributed by atoms with E-state index in [0.29, 0.717) is 31.7 Å². The van der Waals surface area contributed by atoms with Gasteiger partial charge in [-0.2, -0.15) is 0 Å². The first-order chi connectivity index (χ1) is 21.3. The molecule has 2 atom stereocenters. The van der Waals surface area contributed by atoms with Crippen LogP contribution in [0.25, 0.3) is 10.9 Å². The summed E-state index contributed by atoms with van der Waals surface area (Å²) in [6.07, 6.45) is 2.39. The predicted octanol–water partition coefficient (Wildman–Crippen LogP) is 4.24. The number of para-hydroxylation sites is 1. The van der Waals surface area contributed by atoms with E-state index in [2.05, 4.69) is 10.3 Å². The third-order valence-electron chi connectivity index (χ3n) is 7.96. The Morgan fingerprint density at radius 1 is 1.00 bits per heavy atom. The van der Waals surface area contributed by atoms with Crippen molar-refractivity contribution in [2.24, 2.45) is 17.2 Å². The van der Waals surface area contributed by atoms with Crippen LogP contribution in [0, 0.1) is 6.92 Å². The Morgan fingerprint density at radius 2 is 1.73 bits per heavy atom. The quantitative estimate of drug-likeness (QED) is 0.125. The Balaban J connectivity index is 1.61. The Bertz CT molecular complexity index is 1570. The summed E-state index contributed by atoms with van der Waals surface area (Å²) < 4.78 is 5.50. The van der Waals surface area contributed by atoms with Crippen LogP contribution in [0.5, 0.6) is 5.75 Å². The number of H-pyrrole nitrogens is 1. The zero-order chi connectivity index (χ0) is 31.6. The van der Waals surface area contributed by atoms with E-state index in [0.717, 1.165) is 55.9 Å². The molecule has 8 N–H and O–H groups in total. The van der Waals surface area contributed by atoms with E-state index in [9.17, 15) is 9.59 Å². The summed E-state index contributed by atoms with van der Waals surface area (Å²) in [5.74, 6) is 0.156. The second-order valence-corrected chi connectivity index (χ2v) is 12.0. The molecule has 0 saturated carbocycles. The summed E-state index contributed by atoms with van der Waals surface area (Å²) in [6.45, 7) is 3.21. The highest BCUT2D eigenvalue weighted by molar-refractivity contribution is 7.99. The Morgan fingerprint density at radius 3 is 2.48 bits per heavy atom. The number of nitrogens with one attached hydrogen (secondary N) is 2. The minimum atomic E-state index is -0.777. The van der Waals surface area contributed by atoms with Crippen molar-refractivity contribution in [3.05, 3.63) is 89.1 Å². The zero-order valence-electron chi connectivity index (χ0n) is 25.8. The highest BCUT2D eigenvalue weighted by Gasteiger charge is 2.31. The van der Waals surface area contributed by atoms with E-state index in [4.69, 9.17) is 21.9 Å². The number of nitrogens with two attached hydrogens (primary N) is 3. The largest absolute Gasteiger partial charge is 0.497 e. The van der Waals surface area contributed by atoms with E-state index >= 15 is 0 Å². The number of ether oxygens (including phenoxy) is 1. The topological polar surface area (TPSA) is 152 Å². The normalized spacial score (nSPS) is 12.6. The molecule has 4 aromatic rings. The minimum absolute atomic E-state index is 0.247. The number of hydrogen-bond acceptors (Lipinski definition) is 7. The van der Waals surface area contributed by atoms with Crippen molar-refractivity contribution in [3.8, 4) is 5.75 Å². The first-order valence-corrected chi connectivity index (χ1v) is 15.8. The van der Waals surface area contributed by atoms with Crippen LogP contribution in [0.2, 0.25) is 0 Å². The molecule has 0 bridgehead atoms. The van der Waals surface area contributed by atoms with Gasteiger partial charge in [0.1, 0.15) is 11.8 Å². The third kappa shape index (κ3) is 8.00. The lowest BCUT2D eigenvalue weighted by molar-refractivity contribution is -0.140. The molecule has 10 heteroatoms. The number of rotatable bonds is 15. The number of aryl methyl sites for hydroxylation is 1. The molecule has 0 unspecified atom stereocenters. The summed E-state index contributed by atoms with van der Waals surface area (Å²) in [5.41, 5.74) is 22.8. The molecule has 0 fully saturated rings. The van der Waals surface area contributed by atoms with Gasteiger partial charge in [0.05, 0.1) is 13.2 Å². The van der Waals surface area contributed by atoms with Gasteiger partial charge in [0.15, 0.2) is 0 Å². The maximum Gasteiger partial charge on any atom is 0.243 e. The van der Waals surface area contributed by atoms with Gasteiger partial charge in [-0.15, -0.1) is 0 Å². The molecule has 0 aliphatic carbocycles. The van der Waals surface area contributed by atoms with Gasteiger partial charge in [-0.05, 0) is 73.3 Å². The number of methoxy groups -OCH3 is 1. The molecule has 4 rings (SSSR count). The number of fused-ring (bicyclic) bond motifs is 1. The molecule has 0 spiro atoms. The molecule has 44 heavy (non-hydrogen) atoms. The first kappa shape index (κ1) is 33.1. The van der Waals surface area contributed by atoms with Crippen LogP contribution in [-0.4, -0.2) is 54.5 Å². The number of benzene rings is 3. The summed E-state index contributed by atoms with van der Waals surface area (Å²) in [4.78, 5) is 34.4. The van der Waals surface area contributed by atoms with Gasteiger partial charge in [0, 0.05) is 52.9 Å². The van der Waals surface area contributed by atoms with Gasteiger partial charge < -0.3 is 37.1 Å². The van der Waals surface area contributed by atoms with E-state index in [1.54, 1.807) is 25.9 Å². The van der Waals surface area contributed by atoms with Crippen molar-refractivity contribution in [3.63, 3.8) is 0 Å². The lowest BCUT2D eigenvalue weighted by atomic mass is 9.99. The standard InChI is InChI=1S/C34H44N6O3S/c1-22-27(26-11-5-6-13-29(26)39-22)19-30(40(2)34(42)28(37)12-8-9-17-35)33(41)38-21-24-18-25(43-3)15-16-32(24)44-31-14-7-4-10-23(31)20-36/h4-7,10-11,13-16,18,28,30,39H,8-9,12,17,19-21,35-37H2,1-3H3,(H,38,41)/t28-,30-/m0/s1. The summed E-state index contributed by atoms with van der Waals surface area (Å²) >= 11 is 1.60. The molecular weight excluding hydrogens is 572 g/mol. The monoisotopic (exact) mass is 616 g/mol. The fourth-order valence-corrected chi connectivity index (χ4v) is 6.42. The average Bonchev–Trinajstić information content (AvgIpc) is 3.36. The average molecular weight is 617 g/mol. The van der Waals surface area contributed by atoms with Crippen LogP contribution in [0.3, 0.4) is 0 Å². The number of aromatic amines is 1. The number of unbranched alkanes of at least 4 members (excludes halogenated alkanes) is 1. The van der Waals surface area contributed by atoms with Crippen molar-refractivity contribution in [2.75, 3.05) is 20.7 Å². The Labute approximate surface area is 263 Å². The SMILES string of the molecule is COc1ccc(Sc2ccccc2CN)c(CNC(=O)[C@H](Cc2c(C)[nH]c3ccccc23)N(C)C(=O)[C@@H](N)CCCCN)c1.